The van der Waals surface area contributed by atoms with Gasteiger partial charge in [-0.05, 0) is 22.6 Å². The number of H-pyrrole nitrogens is 1. The van der Waals surface area contributed by atoms with Gasteiger partial charge in [0.05, 0.1) is 11.7 Å². The van der Waals surface area contributed by atoms with Crippen LogP contribution >= 0.6 is 22.6 Å². The molecule has 0 atom stereocenters. The van der Waals surface area contributed by atoms with E-state index in [0.717, 1.165) is 10.9 Å². The van der Waals surface area contributed by atoms with Gasteiger partial charge in [0.1, 0.15) is 12.2 Å². The zero-order chi connectivity index (χ0) is 11.9. The van der Waals surface area contributed by atoms with Crippen molar-refractivity contribution in [3.05, 3.63) is 26.4 Å². The van der Waals surface area contributed by atoms with Crippen molar-refractivity contribution in [1.82, 2.24) is 14.5 Å². The zero-order valence-corrected chi connectivity index (χ0v) is 9.83. The number of alkyl halides is 3. The molecule has 0 amide bonds. The van der Waals surface area contributed by atoms with Crippen molar-refractivity contribution in [2.75, 3.05) is 0 Å². The van der Waals surface area contributed by atoms with Crippen LogP contribution in [0.3, 0.4) is 0 Å². The van der Waals surface area contributed by atoms with Gasteiger partial charge in [-0.25, -0.2) is 4.98 Å². The van der Waals surface area contributed by atoms with Gasteiger partial charge in [-0.15, -0.1) is 0 Å². The topological polar surface area (TPSA) is 50.7 Å². The molecule has 0 unspecified atom stereocenters. The summed E-state index contributed by atoms with van der Waals surface area (Å²) in [6.07, 6.45) is -1.98. The molecule has 86 valence electrons. The van der Waals surface area contributed by atoms with Crippen LogP contribution in [-0.2, 0) is 6.54 Å². The lowest BCUT2D eigenvalue weighted by Gasteiger charge is -2.07. The molecular formula is C8H5F3IN3O. The molecule has 0 saturated carbocycles. The molecule has 0 saturated heterocycles. The number of hydrogen-bond acceptors (Lipinski definition) is 2. The van der Waals surface area contributed by atoms with Crippen LogP contribution in [-0.4, -0.2) is 20.7 Å². The van der Waals surface area contributed by atoms with Gasteiger partial charge in [-0.3, -0.25) is 4.79 Å². The number of rotatable bonds is 1. The SMILES string of the molecule is O=c1[nH]cnc2c1c(I)cn2CC(F)(F)F. The number of aromatic nitrogens is 3. The molecule has 2 aromatic rings. The van der Waals surface area contributed by atoms with Crippen molar-refractivity contribution < 1.29 is 13.2 Å². The van der Waals surface area contributed by atoms with E-state index >= 15 is 0 Å². The first kappa shape index (κ1) is 11.4. The van der Waals surface area contributed by atoms with Gasteiger partial charge in [-0.2, -0.15) is 13.2 Å². The summed E-state index contributed by atoms with van der Waals surface area (Å²) in [6.45, 7) is -1.15. The van der Waals surface area contributed by atoms with Crippen LogP contribution in [0.25, 0.3) is 11.0 Å². The maximum absolute atomic E-state index is 12.2. The Hall–Kier alpha value is -1.06. The van der Waals surface area contributed by atoms with Crippen molar-refractivity contribution in [3.8, 4) is 0 Å². The average Bonchev–Trinajstić information content (AvgIpc) is 2.42. The van der Waals surface area contributed by atoms with Crippen molar-refractivity contribution in [2.24, 2.45) is 0 Å². The molecule has 8 heteroatoms. The lowest BCUT2D eigenvalue weighted by Crippen LogP contribution is -2.17. The summed E-state index contributed by atoms with van der Waals surface area (Å²) >= 11 is 1.81. The number of aromatic amines is 1. The molecular weight excluding hydrogens is 338 g/mol. The maximum atomic E-state index is 12.2. The van der Waals surface area contributed by atoms with Gasteiger partial charge >= 0.3 is 6.18 Å². The Morgan fingerprint density at radius 3 is 2.81 bits per heavy atom. The van der Waals surface area contributed by atoms with Gasteiger partial charge in [0.2, 0.25) is 0 Å². The van der Waals surface area contributed by atoms with Crippen molar-refractivity contribution >= 4 is 33.6 Å². The Morgan fingerprint density at radius 2 is 2.19 bits per heavy atom. The Bertz CT molecular complexity index is 586. The monoisotopic (exact) mass is 343 g/mol. The third kappa shape index (κ3) is 2.06. The minimum atomic E-state index is -4.33. The second-order valence-corrected chi connectivity index (χ2v) is 4.31. The molecule has 0 fully saturated rings. The summed E-state index contributed by atoms with van der Waals surface area (Å²) in [4.78, 5) is 17.5. The lowest BCUT2D eigenvalue weighted by molar-refractivity contribution is -0.139. The van der Waals surface area contributed by atoms with E-state index in [1.54, 1.807) is 0 Å². The summed E-state index contributed by atoms with van der Waals surface area (Å²) in [5.74, 6) is 0. The Balaban J connectivity index is 2.65. The first-order chi connectivity index (χ1) is 7.38. The van der Waals surface area contributed by atoms with Crippen LogP contribution < -0.4 is 5.56 Å². The fraction of sp³-hybridized carbons (Fsp3) is 0.250. The van der Waals surface area contributed by atoms with Crippen LogP contribution in [0.1, 0.15) is 0 Å². The minimum Gasteiger partial charge on any atom is -0.322 e. The molecule has 2 rings (SSSR count). The van der Waals surface area contributed by atoms with Crippen molar-refractivity contribution in [3.63, 3.8) is 0 Å². The Morgan fingerprint density at radius 1 is 1.50 bits per heavy atom. The van der Waals surface area contributed by atoms with Gasteiger partial charge in [0.25, 0.3) is 5.56 Å². The summed E-state index contributed by atoms with van der Waals surface area (Å²) in [5, 5.41) is 0.187. The van der Waals surface area contributed by atoms with Crippen molar-refractivity contribution in [2.45, 2.75) is 12.7 Å². The largest absolute Gasteiger partial charge is 0.406 e. The third-order valence-electron chi connectivity index (χ3n) is 1.96. The highest BCUT2D eigenvalue weighted by Crippen LogP contribution is 2.23. The minimum absolute atomic E-state index is 0.0467. The van der Waals surface area contributed by atoms with E-state index in [4.69, 9.17) is 0 Å². The molecule has 0 aliphatic rings. The second kappa shape index (κ2) is 3.75. The number of nitrogens with zero attached hydrogens (tertiary/aromatic N) is 2. The number of hydrogen-bond donors (Lipinski definition) is 1. The molecule has 0 radical (unpaired) electrons. The van der Waals surface area contributed by atoms with Gasteiger partial charge in [-0.1, -0.05) is 0 Å². The highest BCUT2D eigenvalue weighted by Gasteiger charge is 2.29. The molecule has 0 bridgehead atoms. The Labute approximate surface area is 101 Å². The fourth-order valence-electron chi connectivity index (χ4n) is 1.40. The predicted molar refractivity (Wildman–Crippen MR) is 59.1 cm³/mol. The zero-order valence-electron chi connectivity index (χ0n) is 7.68. The van der Waals surface area contributed by atoms with E-state index < -0.39 is 18.3 Å². The van der Waals surface area contributed by atoms with Crippen molar-refractivity contribution in [1.29, 1.82) is 0 Å². The highest BCUT2D eigenvalue weighted by molar-refractivity contribution is 14.1. The van der Waals surface area contributed by atoms with E-state index in [9.17, 15) is 18.0 Å². The van der Waals surface area contributed by atoms with E-state index in [0.29, 0.717) is 3.57 Å². The summed E-state index contributed by atoms with van der Waals surface area (Å²) < 4.78 is 38.1. The molecule has 1 N–H and O–H groups in total. The van der Waals surface area contributed by atoms with E-state index in [-0.39, 0.29) is 11.0 Å². The third-order valence-corrected chi connectivity index (χ3v) is 2.78. The second-order valence-electron chi connectivity index (χ2n) is 3.15. The van der Waals surface area contributed by atoms with Crippen LogP contribution in [0.2, 0.25) is 0 Å². The lowest BCUT2D eigenvalue weighted by atomic mass is 10.4. The predicted octanol–water partition coefficient (Wildman–Crippen LogP) is 1.89. The van der Waals surface area contributed by atoms with E-state index in [1.807, 2.05) is 22.6 Å². The molecule has 0 aromatic carbocycles. The molecule has 0 spiro atoms. The number of fused-ring (bicyclic) bond motifs is 1. The first-order valence-corrected chi connectivity index (χ1v) is 5.25. The molecule has 4 nitrogen and oxygen atoms in total. The fourth-order valence-corrected chi connectivity index (χ4v) is 2.22. The maximum Gasteiger partial charge on any atom is 0.406 e. The van der Waals surface area contributed by atoms with E-state index in [1.165, 1.54) is 6.20 Å². The van der Waals surface area contributed by atoms with Crippen LogP contribution in [0.15, 0.2) is 17.3 Å². The average molecular weight is 343 g/mol. The van der Waals surface area contributed by atoms with Crippen LogP contribution in [0, 0.1) is 3.57 Å². The molecule has 0 aliphatic carbocycles. The number of halogens is 4. The smallest absolute Gasteiger partial charge is 0.322 e. The quantitative estimate of drug-likeness (QED) is 0.804. The Kier molecular flexibility index (Phi) is 2.68. The highest BCUT2D eigenvalue weighted by atomic mass is 127. The van der Waals surface area contributed by atoms with E-state index in [2.05, 4.69) is 9.97 Å². The van der Waals surface area contributed by atoms with Gasteiger partial charge in [0, 0.05) is 9.77 Å². The number of nitrogens with one attached hydrogen (secondary N) is 1. The van der Waals surface area contributed by atoms with Gasteiger partial charge in [0.15, 0.2) is 0 Å². The molecule has 16 heavy (non-hydrogen) atoms. The molecule has 2 heterocycles. The standard InChI is InChI=1S/C8H5F3IN3O/c9-8(10,11)2-15-1-4(12)5-6(15)13-3-14-7(5)16/h1,3H,2H2,(H,13,14,16). The first-order valence-electron chi connectivity index (χ1n) is 4.17. The molecule has 2 aromatic heterocycles. The summed E-state index contributed by atoms with van der Waals surface area (Å²) in [6, 6.07) is 0. The van der Waals surface area contributed by atoms with Gasteiger partial charge < -0.3 is 9.55 Å². The normalized spacial score (nSPS) is 12.2. The van der Waals surface area contributed by atoms with Crippen LogP contribution in [0.4, 0.5) is 13.2 Å². The summed E-state index contributed by atoms with van der Waals surface area (Å²) in [7, 11) is 0. The van der Waals surface area contributed by atoms with Crippen LogP contribution in [0.5, 0.6) is 0 Å². The molecule has 0 aliphatic heterocycles. The summed E-state index contributed by atoms with van der Waals surface area (Å²) in [5.41, 5.74) is -0.388.